The Kier molecular flexibility index (Phi) is 6.67. The highest BCUT2D eigenvalue weighted by Crippen LogP contribution is 2.25. The van der Waals surface area contributed by atoms with Crippen molar-refractivity contribution in [2.45, 2.75) is 13.0 Å². The number of aliphatic hydroxyl groups excluding tert-OH is 1. The number of H-pyrrole nitrogens is 1. The van der Waals surface area contributed by atoms with Gasteiger partial charge in [-0.2, -0.15) is 0 Å². The molecule has 1 atom stereocenters. The molecule has 1 unspecified atom stereocenters. The van der Waals surface area contributed by atoms with Crippen LogP contribution in [0.5, 0.6) is 0 Å². The number of rotatable bonds is 7. The topological polar surface area (TPSA) is 103 Å². The molecule has 0 fully saturated rings. The third kappa shape index (κ3) is 5.19. The van der Waals surface area contributed by atoms with Gasteiger partial charge in [-0.1, -0.05) is 35.9 Å². The molecular weight excluding hydrogens is 445 g/mol. The number of anilines is 2. The Morgan fingerprint density at radius 2 is 2.00 bits per heavy atom. The van der Waals surface area contributed by atoms with E-state index in [-0.39, 0.29) is 17.3 Å². The monoisotopic (exact) mass is 465 g/mol. The molecule has 4 aromatic rings. The normalized spacial score (nSPS) is 11.8. The summed E-state index contributed by atoms with van der Waals surface area (Å²) in [4.78, 5) is 24.6. The number of hydrogen-bond acceptors (Lipinski definition) is 5. The fourth-order valence-electron chi connectivity index (χ4n) is 3.31. The zero-order valence-corrected chi connectivity index (χ0v) is 18.4. The number of benzene rings is 2. The smallest absolute Gasteiger partial charge is 0.268 e. The van der Waals surface area contributed by atoms with Crippen LogP contribution in [-0.4, -0.2) is 32.6 Å². The van der Waals surface area contributed by atoms with Crippen LogP contribution in [0.2, 0.25) is 5.02 Å². The van der Waals surface area contributed by atoms with Crippen molar-refractivity contribution in [2.24, 2.45) is 0 Å². The number of carbonyl (C=O) groups is 1. The minimum atomic E-state index is -0.746. The summed E-state index contributed by atoms with van der Waals surface area (Å²) in [6, 6.07) is 14.5. The molecule has 0 saturated carbocycles. The van der Waals surface area contributed by atoms with Gasteiger partial charge in [-0.25, -0.2) is 14.4 Å². The van der Waals surface area contributed by atoms with E-state index in [1.807, 2.05) is 37.3 Å². The van der Waals surface area contributed by atoms with Crippen LogP contribution in [0.4, 0.5) is 16.0 Å². The van der Waals surface area contributed by atoms with Crippen LogP contribution in [-0.2, 0) is 0 Å². The molecule has 0 radical (unpaired) electrons. The van der Waals surface area contributed by atoms with Gasteiger partial charge in [0.2, 0.25) is 5.95 Å². The Morgan fingerprint density at radius 1 is 1.21 bits per heavy atom. The fourth-order valence-corrected chi connectivity index (χ4v) is 3.50. The Bertz CT molecular complexity index is 1280. The first kappa shape index (κ1) is 22.4. The zero-order chi connectivity index (χ0) is 23.4. The zero-order valence-electron chi connectivity index (χ0n) is 17.6. The molecule has 4 N–H and O–H groups in total. The Hall–Kier alpha value is -3.75. The molecule has 2 heterocycles. The average molecular weight is 466 g/mol. The standard InChI is InChI=1S/C24H21ClFN5O2/c1-14-11-28-24(29-17-5-3-2-4-6-17)31-22(14)16-10-20(27-12-16)23(33)30-21(13-32)15-7-8-19(26)18(25)9-15/h2-12,21,27,32H,13H2,1H3,(H,30,33)(H,28,29,31). The average Bonchev–Trinajstić information content (AvgIpc) is 3.31. The van der Waals surface area contributed by atoms with Gasteiger partial charge < -0.3 is 20.7 Å². The number of nitrogens with one attached hydrogen (secondary N) is 3. The lowest BCUT2D eigenvalue weighted by molar-refractivity contribution is 0.0911. The van der Waals surface area contributed by atoms with Gasteiger partial charge in [0.1, 0.15) is 11.5 Å². The minimum Gasteiger partial charge on any atom is -0.394 e. The van der Waals surface area contributed by atoms with Crippen LogP contribution in [0.1, 0.15) is 27.7 Å². The predicted molar refractivity (Wildman–Crippen MR) is 125 cm³/mol. The van der Waals surface area contributed by atoms with Gasteiger partial charge in [0.05, 0.1) is 23.4 Å². The maximum absolute atomic E-state index is 13.4. The number of aliphatic hydroxyl groups is 1. The van der Waals surface area contributed by atoms with Crippen LogP contribution < -0.4 is 10.6 Å². The molecular formula is C24H21ClFN5O2. The molecule has 2 aromatic carbocycles. The van der Waals surface area contributed by atoms with Crippen molar-refractivity contribution in [3.8, 4) is 11.3 Å². The lowest BCUT2D eigenvalue weighted by atomic mass is 10.1. The van der Waals surface area contributed by atoms with Gasteiger partial charge in [-0.15, -0.1) is 0 Å². The maximum atomic E-state index is 13.4. The van der Waals surface area contributed by atoms with Crippen LogP contribution in [0.15, 0.2) is 67.0 Å². The Balaban J connectivity index is 1.52. The van der Waals surface area contributed by atoms with E-state index in [1.165, 1.54) is 18.2 Å². The molecule has 0 aliphatic heterocycles. The lowest BCUT2D eigenvalue weighted by Gasteiger charge is -2.16. The number of hydrogen-bond donors (Lipinski definition) is 4. The van der Waals surface area contributed by atoms with Gasteiger partial charge in [-0.05, 0) is 48.4 Å². The predicted octanol–water partition coefficient (Wildman–Crippen LogP) is 4.78. The third-order valence-electron chi connectivity index (χ3n) is 5.04. The molecule has 0 spiro atoms. The summed E-state index contributed by atoms with van der Waals surface area (Å²) in [5.41, 5.74) is 3.86. The van der Waals surface area contributed by atoms with Crippen molar-refractivity contribution in [1.29, 1.82) is 0 Å². The minimum absolute atomic E-state index is 0.0819. The fraction of sp³-hybridized carbons (Fsp3) is 0.125. The number of aromatic amines is 1. The third-order valence-corrected chi connectivity index (χ3v) is 5.33. The van der Waals surface area contributed by atoms with E-state index >= 15 is 0 Å². The second kappa shape index (κ2) is 9.81. The van der Waals surface area contributed by atoms with Crippen molar-refractivity contribution in [3.63, 3.8) is 0 Å². The summed E-state index contributed by atoms with van der Waals surface area (Å²) in [6.45, 7) is 1.51. The second-order valence-electron chi connectivity index (χ2n) is 7.40. The van der Waals surface area contributed by atoms with Crippen LogP contribution in [0.25, 0.3) is 11.3 Å². The second-order valence-corrected chi connectivity index (χ2v) is 7.81. The van der Waals surface area contributed by atoms with E-state index in [4.69, 9.17) is 11.6 Å². The first-order valence-electron chi connectivity index (χ1n) is 10.2. The van der Waals surface area contributed by atoms with E-state index < -0.39 is 17.8 Å². The quantitative estimate of drug-likeness (QED) is 0.314. The molecule has 7 nitrogen and oxygen atoms in total. The van der Waals surface area contributed by atoms with E-state index in [1.54, 1.807) is 18.5 Å². The van der Waals surface area contributed by atoms with Crippen molar-refractivity contribution >= 4 is 29.1 Å². The first-order chi connectivity index (χ1) is 15.9. The molecule has 1 amide bonds. The number of halogens is 2. The van der Waals surface area contributed by atoms with Gasteiger partial charge >= 0.3 is 0 Å². The van der Waals surface area contributed by atoms with Gasteiger partial charge in [-0.3, -0.25) is 4.79 Å². The summed E-state index contributed by atoms with van der Waals surface area (Å²) < 4.78 is 13.4. The van der Waals surface area contributed by atoms with Crippen molar-refractivity contribution in [3.05, 3.63) is 94.7 Å². The molecule has 2 aromatic heterocycles. The lowest BCUT2D eigenvalue weighted by Crippen LogP contribution is -2.31. The highest BCUT2D eigenvalue weighted by atomic mass is 35.5. The largest absolute Gasteiger partial charge is 0.394 e. The van der Waals surface area contributed by atoms with Crippen molar-refractivity contribution < 1.29 is 14.3 Å². The van der Waals surface area contributed by atoms with E-state index in [9.17, 15) is 14.3 Å². The molecule has 168 valence electrons. The number of amides is 1. The Morgan fingerprint density at radius 3 is 2.73 bits per heavy atom. The van der Waals surface area contributed by atoms with Crippen LogP contribution >= 0.6 is 11.6 Å². The molecule has 33 heavy (non-hydrogen) atoms. The molecule has 0 bridgehead atoms. The molecule has 0 saturated heterocycles. The van der Waals surface area contributed by atoms with Crippen LogP contribution in [0.3, 0.4) is 0 Å². The number of nitrogens with zero attached hydrogens (tertiary/aromatic N) is 2. The van der Waals surface area contributed by atoms with E-state index in [2.05, 4.69) is 25.6 Å². The molecule has 9 heteroatoms. The van der Waals surface area contributed by atoms with Gasteiger partial charge in [0.15, 0.2) is 0 Å². The van der Waals surface area contributed by atoms with E-state index in [0.29, 0.717) is 22.8 Å². The summed E-state index contributed by atoms with van der Waals surface area (Å²) in [5.74, 6) is -0.573. The highest BCUT2D eigenvalue weighted by Gasteiger charge is 2.18. The van der Waals surface area contributed by atoms with Crippen molar-refractivity contribution in [1.82, 2.24) is 20.3 Å². The molecule has 4 rings (SSSR count). The molecule has 0 aliphatic carbocycles. The van der Waals surface area contributed by atoms with Crippen LogP contribution in [0, 0.1) is 12.7 Å². The van der Waals surface area contributed by atoms with Gasteiger partial charge in [0.25, 0.3) is 5.91 Å². The van der Waals surface area contributed by atoms with E-state index in [0.717, 1.165) is 11.3 Å². The molecule has 0 aliphatic rings. The maximum Gasteiger partial charge on any atom is 0.268 e. The number of para-hydroxylation sites is 1. The first-order valence-corrected chi connectivity index (χ1v) is 10.5. The number of aryl methyl sites for hydroxylation is 1. The van der Waals surface area contributed by atoms with Gasteiger partial charge in [0, 0.05) is 23.6 Å². The SMILES string of the molecule is Cc1cnc(Nc2ccccc2)nc1-c1c[nH]c(C(=O)NC(CO)c2ccc(F)c(Cl)c2)c1. The summed E-state index contributed by atoms with van der Waals surface area (Å²) in [5, 5.41) is 15.5. The highest BCUT2D eigenvalue weighted by molar-refractivity contribution is 6.30. The number of carbonyl (C=O) groups excluding carboxylic acids is 1. The summed E-state index contributed by atoms with van der Waals surface area (Å²) >= 11 is 5.83. The van der Waals surface area contributed by atoms with Crippen molar-refractivity contribution in [2.75, 3.05) is 11.9 Å². The number of aromatic nitrogens is 3. The summed E-state index contributed by atoms with van der Waals surface area (Å²) in [7, 11) is 0. The Labute approximate surface area is 194 Å². The summed E-state index contributed by atoms with van der Waals surface area (Å²) in [6.07, 6.45) is 3.39.